The van der Waals surface area contributed by atoms with Crippen molar-refractivity contribution in [2.45, 2.75) is 13.3 Å². The number of alkyl halides is 1. The van der Waals surface area contributed by atoms with Crippen LogP contribution in [0.15, 0.2) is 7.66 Å². The summed E-state index contributed by atoms with van der Waals surface area (Å²) < 4.78 is 8.66. The second-order valence-corrected chi connectivity index (χ2v) is 6.96. The Hall–Kier alpha value is 0.740. The van der Waals surface area contributed by atoms with E-state index in [1.165, 1.54) is 0 Å². The van der Waals surface area contributed by atoms with Crippen LogP contribution >= 0.6 is 20.7 Å². The molecule has 1 atom stereocenters. The van der Waals surface area contributed by atoms with Crippen molar-refractivity contribution in [2.75, 3.05) is 4.43 Å². The van der Waals surface area contributed by atoms with Gasteiger partial charge in [0.25, 0.3) is 0 Å². The fourth-order valence-corrected chi connectivity index (χ4v) is 6.62. The molecule has 0 N–H and O–H groups in total. The normalized spacial score (nSPS) is 30.1. The number of carbonyl (C=O) groups excluding carboxylic acids is 1. The number of Topliss-reactive ketones (excluding diaryl/α,β-unsaturated/α-hetero) is 1. The molecule has 0 radical (unpaired) electrons. The van der Waals surface area contributed by atoms with Gasteiger partial charge >= 0.3 is 88.4 Å². The van der Waals surface area contributed by atoms with Crippen LogP contribution < -0.4 is 21.2 Å². The molecule has 3 heteroatoms. The van der Waals surface area contributed by atoms with Crippen molar-refractivity contribution in [3.8, 4) is 0 Å². The van der Waals surface area contributed by atoms with Gasteiger partial charge in [-0.15, -0.1) is 0 Å². The minimum absolute atomic E-state index is 0.0524. The summed E-state index contributed by atoms with van der Waals surface area (Å²) in [5, 5.41) is 0. The molecule has 11 heavy (non-hydrogen) atoms. The van der Waals surface area contributed by atoms with E-state index in [1.807, 2.05) is 6.92 Å². The van der Waals surface area contributed by atoms with Gasteiger partial charge in [-0.1, -0.05) is 0 Å². The van der Waals surface area contributed by atoms with E-state index >= 15 is 0 Å². The van der Waals surface area contributed by atoms with E-state index < -0.39 is 0 Å². The van der Waals surface area contributed by atoms with Crippen LogP contribution in [0, 0.1) is 5.92 Å². The molecule has 1 fully saturated rings. The summed E-state index contributed by atoms with van der Waals surface area (Å²) in [5.41, 5.74) is 0. The van der Waals surface area contributed by atoms with Gasteiger partial charge in [0.1, 0.15) is 0 Å². The summed E-state index contributed by atoms with van der Waals surface area (Å²) >= 11 is 0.126. The third-order valence-corrected chi connectivity index (χ3v) is 6.87. The molecular formula is C8H11I2O-. The molecule has 1 heterocycles. The van der Waals surface area contributed by atoms with Crippen molar-refractivity contribution in [3.05, 3.63) is 7.66 Å². The van der Waals surface area contributed by atoms with E-state index in [2.05, 4.69) is 8.60 Å². The molecule has 0 bridgehead atoms. The molecule has 0 aliphatic carbocycles. The quantitative estimate of drug-likeness (QED) is 0.421. The minimum atomic E-state index is 0.0524. The van der Waals surface area contributed by atoms with Crippen molar-refractivity contribution >= 4 is 31.0 Å². The van der Waals surface area contributed by atoms with Crippen LogP contribution in [0.3, 0.4) is 0 Å². The van der Waals surface area contributed by atoms with E-state index in [1.54, 1.807) is 3.58 Å². The second kappa shape index (κ2) is 4.69. The predicted molar refractivity (Wildman–Crippen MR) is 52.9 cm³/mol. The zero-order valence-electron chi connectivity index (χ0n) is 6.44. The van der Waals surface area contributed by atoms with Crippen LogP contribution in [-0.4, -0.2) is 14.7 Å². The molecule has 1 unspecified atom stereocenters. The molecule has 0 aromatic rings. The third-order valence-electron chi connectivity index (χ3n) is 1.62. The van der Waals surface area contributed by atoms with Gasteiger partial charge in [0, 0.05) is 0 Å². The van der Waals surface area contributed by atoms with Gasteiger partial charge in [0.2, 0.25) is 0 Å². The molecule has 1 rings (SSSR count). The van der Waals surface area contributed by atoms with Crippen LogP contribution in [0.25, 0.3) is 0 Å². The summed E-state index contributed by atoms with van der Waals surface area (Å²) in [4.78, 5) is 11.1. The van der Waals surface area contributed by atoms with E-state index in [0.29, 0.717) is 11.7 Å². The molecule has 1 aliphatic heterocycles. The molecule has 1 aliphatic rings. The van der Waals surface area contributed by atoms with Crippen molar-refractivity contribution in [1.29, 1.82) is 0 Å². The Morgan fingerprint density at radius 2 is 2.55 bits per heavy atom. The van der Waals surface area contributed by atoms with Crippen LogP contribution in [0.5, 0.6) is 0 Å². The molecule has 0 saturated carbocycles. The molecule has 1 nitrogen and oxygen atoms in total. The average molecular weight is 377 g/mol. The van der Waals surface area contributed by atoms with E-state index in [4.69, 9.17) is 0 Å². The summed E-state index contributed by atoms with van der Waals surface area (Å²) in [6, 6.07) is 0. The van der Waals surface area contributed by atoms with Crippen molar-refractivity contribution in [1.82, 2.24) is 0 Å². The van der Waals surface area contributed by atoms with E-state index in [0.717, 1.165) is 10.8 Å². The molecule has 64 valence electrons. The molecule has 0 aromatic carbocycles. The zero-order chi connectivity index (χ0) is 8.27. The Morgan fingerprint density at radius 1 is 1.82 bits per heavy atom. The van der Waals surface area contributed by atoms with Crippen LogP contribution in [-0.2, 0) is 4.79 Å². The molecule has 1 saturated heterocycles. The topological polar surface area (TPSA) is 17.1 Å². The van der Waals surface area contributed by atoms with Crippen molar-refractivity contribution < 1.29 is 26.0 Å². The van der Waals surface area contributed by atoms with Gasteiger partial charge in [-0.25, -0.2) is 0 Å². The Balaban J connectivity index is 2.59. The summed E-state index contributed by atoms with van der Waals surface area (Å²) in [6.45, 7) is 2.04. The fourth-order valence-electron chi connectivity index (χ4n) is 0.902. The SMILES string of the molecule is C=I/C=C1/CC(C)C(=O)C[I-]1. The number of allylic oxidation sites excluding steroid dienone is 1. The number of hydrogen-bond donors (Lipinski definition) is 0. The van der Waals surface area contributed by atoms with Gasteiger partial charge in [0.15, 0.2) is 0 Å². The Morgan fingerprint density at radius 3 is 3.09 bits per heavy atom. The summed E-state index contributed by atoms with van der Waals surface area (Å²) in [5.74, 6) is 0.780. The van der Waals surface area contributed by atoms with E-state index in [9.17, 15) is 4.79 Å². The van der Waals surface area contributed by atoms with Crippen molar-refractivity contribution in [2.24, 2.45) is 5.92 Å². The third kappa shape index (κ3) is 2.93. The maximum absolute atomic E-state index is 11.1. The molecule has 0 aromatic heterocycles. The van der Waals surface area contributed by atoms with Crippen LogP contribution in [0.1, 0.15) is 13.3 Å². The molecule has 0 spiro atoms. The Kier molecular flexibility index (Phi) is 4.19. The first-order chi connectivity index (χ1) is 5.24. The first-order valence-electron chi connectivity index (χ1n) is 3.42. The van der Waals surface area contributed by atoms with Gasteiger partial charge < -0.3 is 0 Å². The van der Waals surface area contributed by atoms with Gasteiger partial charge in [0.05, 0.1) is 0 Å². The number of rotatable bonds is 1. The number of halogens is 2. The van der Waals surface area contributed by atoms with Crippen molar-refractivity contribution in [3.63, 3.8) is 0 Å². The number of hydrogen-bond acceptors (Lipinski definition) is 1. The Labute approximate surface area is 87.6 Å². The number of ketones is 1. The maximum atomic E-state index is 11.1. The zero-order valence-corrected chi connectivity index (χ0v) is 10.8. The van der Waals surface area contributed by atoms with Gasteiger partial charge in [-0.05, 0) is 0 Å². The monoisotopic (exact) mass is 377 g/mol. The first-order valence-corrected chi connectivity index (χ1v) is 8.79. The predicted octanol–water partition coefficient (Wildman–Crippen LogP) is -1.07. The summed E-state index contributed by atoms with van der Waals surface area (Å²) in [6.07, 6.45) is 1.04. The summed E-state index contributed by atoms with van der Waals surface area (Å²) in [7, 11) is 0. The second-order valence-electron chi connectivity index (χ2n) is 2.55. The van der Waals surface area contributed by atoms with Crippen LogP contribution in [0.2, 0.25) is 0 Å². The average Bonchev–Trinajstić information content (AvgIpc) is 1.98. The number of carbonyl (C=O) groups is 1. The van der Waals surface area contributed by atoms with Crippen LogP contribution in [0.4, 0.5) is 0 Å². The first kappa shape index (κ1) is 9.83. The van der Waals surface area contributed by atoms with E-state index in [-0.39, 0.29) is 41.9 Å². The standard InChI is InChI=1S/C8H11I2O/c1-6-3-7(4-9-2)10-5-8(6)11/h4,6H,2-3,5H2,1H3/q-1/b7-4-. The Bertz CT molecular complexity index is 208. The fraction of sp³-hybridized carbons (Fsp3) is 0.500. The molecule has 0 amide bonds. The van der Waals surface area contributed by atoms with Gasteiger partial charge in [-0.3, -0.25) is 0 Å². The van der Waals surface area contributed by atoms with Gasteiger partial charge in [-0.2, -0.15) is 0 Å². The molecular weight excluding hydrogens is 366 g/mol.